The summed E-state index contributed by atoms with van der Waals surface area (Å²) in [7, 11) is 0. The number of nitrogens with two attached hydrogens (primary N) is 2. The molecule has 0 aromatic heterocycles. The average molecular weight is 255 g/mol. The van der Waals surface area contributed by atoms with E-state index in [0.717, 1.165) is 32.1 Å². The molecule has 5 N–H and O–H groups in total. The molecule has 0 aromatic carbocycles. The zero-order chi connectivity index (χ0) is 13.4. The van der Waals surface area contributed by atoms with Crippen LogP contribution in [0.1, 0.15) is 25.7 Å². The van der Waals surface area contributed by atoms with Crippen LogP contribution in [0.25, 0.3) is 0 Å². The Kier molecular flexibility index (Phi) is 5.96. The van der Waals surface area contributed by atoms with Crippen LogP contribution in [-0.4, -0.2) is 48.9 Å². The summed E-state index contributed by atoms with van der Waals surface area (Å²) in [5, 5.41) is 2.83. The number of amides is 2. The molecule has 1 atom stereocenters. The lowest BCUT2D eigenvalue weighted by molar-refractivity contribution is -0.131. The molecule has 0 aliphatic carbocycles. The van der Waals surface area contributed by atoms with Gasteiger partial charge in [-0.2, -0.15) is 0 Å². The smallest absolute Gasteiger partial charge is 0.242 e. The van der Waals surface area contributed by atoms with Crippen LogP contribution in [0, 0.1) is 0 Å². The molecule has 1 aliphatic rings. The van der Waals surface area contributed by atoms with Crippen LogP contribution in [0.2, 0.25) is 0 Å². The number of nitrogens with one attached hydrogen (secondary N) is 1. The molecule has 0 aromatic rings. The summed E-state index contributed by atoms with van der Waals surface area (Å²) in [5.74, 6) is 0.0213. The number of carbonyl (C=O) groups is 2. The van der Waals surface area contributed by atoms with Crippen LogP contribution in [0.3, 0.4) is 0 Å². The summed E-state index contributed by atoms with van der Waals surface area (Å²) >= 11 is 0. The Morgan fingerprint density at radius 2 is 2.22 bits per heavy atom. The first-order chi connectivity index (χ1) is 8.65. The molecule has 1 saturated heterocycles. The summed E-state index contributed by atoms with van der Waals surface area (Å²) in [6, 6.07) is -0.291. The van der Waals surface area contributed by atoms with Crippen molar-refractivity contribution in [2.24, 2.45) is 16.5 Å². The lowest BCUT2D eigenvalue weighted by atomic mass is 10.2. The molecule has 0 spiro atoms. The van der Waals surface area contributed by atoms with E-state index in [2.05, 4.69) is 10.3 Å². The Bertz CT molecular complexity index is 315. The molecule has 1 heterocycles. The monoisotopic (exact) mass is 255 g/mol. The minimum atomic E-state index is -0.291. The molecule has 7 nitrogen and oxygen atoms in total. The Hall–Kier alpha value is -1.79. The van der Waals surface area contributed by atoms with E-state index < -0.39 is 0 Å². The maximum absolute atomic E-state index is 11.8. The normalized spacial score (nSPS) is 18.4. The number of aliphatic imine (C=N–C) groups is 1. The van der Waals surface area contributed by atoms with Crippen LogP contribution < -0.4 is 16.8 Å². The fourth-order valence-electron chi connectivity index (χ4n) is 1.97. The van der Waals surface area contributed by atoms with E-state index in [1.165, 1.54) is 0 Å². The first-order valence-corrected chi connectivity index (χ1v) is 6.19. The van der Waals surface area contributed by atoms with Gasteiger partial charge in [-0.05, 0) is 25.7 Å². The molecular formula is C11H21N5O2. The maximum Gasteiger partial charge on any atom is 0.242 e. The van der Waals surface area contributed by atoms with Crippen LogP contribution in [0.15, 0.2) is 4.99 Å². The van der Waals surface area contributed by atoms with Gasteiger partial charge in [0.15, 0.2) is 5.96 Å². The Morgan fingerprint density at radius 3 is 2.89 bits per heavy atom. The largest absolute Gasteiger partial charge is 0.370 e. The van der Waals surface area contributed by atoms with Crippen molar-refractivity contribution >= 4 is 18.3 Å². The van der Waals surface area contributed by atoms with Crippen molar-refractivity contribution in [3.8, 4) is 0 Å². The number of hydrogen-bond donors (Lipinski definition) is 3. The maximum atomic E-state index is 11.8. The van der Waals surface area contributed by atoms with Gasteiger partial charge in [-0.3, -0.25) is 14.6 Å². The van der Waals surface area contributed by atoms with Crippen molar-refractivity contribution in [2.75, 3.05) is 19.6 Å². The molecule has 0 radical (unpaired) electrons. The average Bonchev–Trinajstić information content (AvgIpc) is 2.81. The minimum absolute atomic E-state index is 0.0681. The van der Waals surface area contributed by atoms with Gasteiger partial charge in [-0.1, -0.05) is 0 Å². The first kappa shape index (κ1) is 14.3. The van der Waals surface area contributed by atoms with E-state index in [1.54, 1.807) is 4.90 Å². The van der Waals surface area contributed by atoms with Gasteiger partial charge in [-0.15, -0.1) is 0 Å². The van der Waals surface area contributed by atoms with Gasteiger partial charge in [0.05, 0.1) is 0 Å². The van der Waals surface area contributed by atoms with Gasteiger partial charge in [0, 0.05) is 19.6 Å². The van der Waals surface area contributed by atoms with Gasteiger partial charge in [-0.25, -0.2) is 0 Å². The second kappa shape index (κ2) is 7.52. The number of guanidine groups is 1. The molecule has 2 amide bonds. The minimum Gasteiger partial charge on any atom is -0.370 e. The molecule has 1 unspecified atom stereocenters. The molecule has 18 heavy (non-hydrogen) atoms. The lowest BCUT2D eigenvalue weighted by Gasteiger charge is -2.18. The Balaban J connectivity index is 2.13. The molecule has 0 saturated carbocycles. The quantitative estimate of drug-likeness (QED) is 0.229. The van der Waals surface area contributed by atoms with E-state index in [9.17, 15) is 9.59 Å². The van der Waals surface area contributed by atoms with E-state index >= 15 is 0 Å². The summed E-state index contributed by atoms with van der Waals surface area (Å²) in [5.41, 5.74) is 10.4. The number of carbonyl (C=O) groups excluding carboxylic acids is 2. The van der Waals surface area contributed by atoms with E-state index in [0.29, 0.717) is 19.6 Å². The summed E-state index contributed by atoms with van der Waals surface area (Å²) in [6.45, 7) is 1.83. The molecule has 1 fully saturated rings. The van der Waals surface area contributed by atoms with Crippen molar-refractivity contribution in [3.63, 3.8) is 0 Å². The van der Waals surface area contributed by atoms with Crippen molar-refractivity contribution in [3.05, 3.63) is 0 Å². The number of hydrogen-bond acceptors (Lipinski definition) is 3. The van der Waals surface area contributed by atoms with E-state index in [-0.39, 0.29) is 17.9 Å². The fraction of sp³-hybridized carbons (Fsp3) is 0.727. The van der Waals surface area contributed by atoms with Gasteiger partial charge < -0.3 is 21.7 Å². The zero-order valence-corrected chi connectivity index (χ0v) is 10.5. The highest BCUT2D eigenvalue weighted by Crippen LogP contribution is 2.14. The Morgan fingerprint density at radius 1 is 1.44 bits per heavy atom. The predicted octanol–water partition coefficient (Wildman–Crippen LogP) is -1.22. The van der Waals surface area contributed by atoms with Crippen molar-refractivity contribution in [1.29, 1.82) is 0 Å². The van der Waals surface area contributed by atoms with Gasteiger partial charge in [0.1, 0.15) is 6.04 Å². The third-order valence-corrected chi connectivity index (χ3v) is 2.91. The Labute approximate surface area is 107 Å². The highest BCUT2D eigenvalue weighted by molar-refractivity contribution is 5.84. The molecule has 102 valence electrons. The molecular weight excluding hydrogens is 234 g/mol. The summed E-state index contributed by atoms with van der Waals surface area (Å²) < 4.78 is 0. The van der Waals surface area contributed by atoms with Crippen molar-refractivity contribution < 1.29 is 9.59 Å². The zero-order valence-electron chi connectivity index (χ0n) is 10.5. The SMILES string of the molecule is NC(N)=NCCCCNC(=O)C1CCCN1C=O. The number of unbranched alkanes of at least 4 members (excludes halogenated alkanes) is 1. The second-order valence-electron chi connectivity index (χ2n) is 4.31. The van der Waals surface area contributed by atoms with Crippen molar-refractivity contribution in [2.45, 2.75) is 31.7 Å². The van der Waals surface area contributed by atoms with Crippen LogP contribution >= 0.6 is 0 Å². The van der Waals surface area contributed by atoms with Crippen LogP contribution in [0.4, 0.5) is 0 Å². The van der Waals surface area contributed by atoms with Crippen LogP contribution in [-0.2, 0) is 9.59 Å². The van der Waals surface area contributed by atoms with E-state index in [4.69, 9.17) is 11.5 Å². The first-order valence-electron chi connectivity index (χ1n) is 6.19. The molecule has 1 rings (SSSR count). The number of likely N-dealkylation sites (tertiary alicyclic amines) is 1. The third-order valence-electron chi connectivity index (χ3n) is 2.91. The molecule has 0 bridgehead atoms. The molecule has 7 heteroatoms. The molecule has 1 aliphatic heterocycles. The predicted molar refractivity (Wildman–Crippen MR) is 68.7 cm³/mol. The topological polar surface area (TPSA) is 114 Å². The highest BCUT2D eigenvalue weighted by Gasteiger charge is 2.28. The standard InChI is InChI=1S/C11H21N5O2/c12-11(13)15-6-2-1-5-14-10(18)9-4-3-7-16(9)8-17/h8-9H,1-7H2,(H,14,18)(H4,12,13,15). The second-order valence-corrected chi connectivity index (χ2v) is 4.31. The summed E-state index contributed by atoms with van der Waals surface area (Å²) in [6.07, 6.45) is 4.02. The van der Waals surface area contributed by atoms with Gasteiger partial charge in [0.25, 0.3) is 0 Å². The number of nitrogens with zero attached hydrogens (tertiary/aromatic N) is 2. The lowest BCUT2D eigenvalue weighted by Crippen LogP contribution is -2.42. The summed E-state index contributed by atoms with van der Waals surface area (Å²) in [4.78, 5) is 27.9. The fourth-order valence-corrected chi connectivity index (χ4v) is 1.97. The van der Waals surface area contributed by atoms with Gasteiger partial charge >= 0.3 is 0 Å². The third kappa shape index (κ3) is 4.60. The van der Waals surface area contributed by atoms with Crippen molar-refractivity contribution in [1.82, 2.24) is 10.2 Å². The van der Waals surface area contributed by atoms with Gasteiger partial charge in [0.2, 0.25) is 12.3 Å². The number of rotatable bonds is 7. The van der Waals surface area contributed by atoms with E-state index in [1.807, 2.05) is 0 Å². The highest BCUT2D eigenvalue weighted by atomic mass is 16.2. The van der Waals surface area contributed by atoms with Crippen LogP contribution in [0.5, 0.6) is 0 Å².